The van der Waals surface area contributed by atoms with Crippen LogP contribution in [0.4, 0.5) is 0 Å². The minimum absolute atomic E-state index is 0. The second kappa shape index (κ2) is 6.79. The molecule has 1 aromatic rings. The van der Waals surface area contributed by atoms with Gasteiger partial charge in [-0.3, -0.25) is 14.8 Å². The summed E-state index contributed by atoms with van der Waals surface area (Å²) in [5, 5.41) is 3.33. The standard InChI is InChI=1S/C14H19N2O4P.ClH/c17-9-11-6-8-16(14(11)21(18,19)20)13-12-4-2-1-3-10(12)5-7-15-13;/h1-4,9,11,13-15H,5-8H2,(H2,18,19,20);1H/t11?,13-,14+;/m0./s1. The Balaban J connectivity index is 0.00000176. The third-order valence-electron chi connectivity index (χ3n) is 4.38. The molecule has 1 fully saturated rings. The van der Waals surface area contributed by atoms with Crippen molar-refractivity contribution in [3.8, 4) is 0 Å². The third-order valence-corrected chi connectivity index (χ3v) is 5.74. The Morgan fingerprint density at radius 2 is 2.05 bits per heavy atom. The maximum atomic E-state index is 11.8. The molecule has 0 amide bonds. The summed E-state index contributed by atoms with van der Waals surface area (Å²) < 4.78 is 11.8. The predicted molar refractivity (Wildman–Crippen MR) is 84.8 cm³/mol. The summed E-state index contributed by atoms with van der Waals surface area (Å²) in [6.45, 7) is 1.27. The molecule has 1 saturated heterocycles. The van der Waals surface area contributed by atoms with Gasteiger partial charge in [0.25, 0.3) is 0 Å². The summed E-state index contributed by atoms with van der Waals surface area (Å²) in [5.74, 6) is -1.64. The summed E-state index contributed by atoms with van der Waals surface area (Å²) in [6.07, 6.45) is 1.83. The van der Waals surface area contributed by atoms with Gasteiger partial charge in [-0.05, 0) is 24.0 Å². The fourth-order valence-electron chi connectivity index (χ4n) is 3.47. The Morgan fingerprint density at radius 1 is 1.32 bits per heavy atom. The fraction of sp³-hybridized carbons (Fsp3) is 0.500. The van der Waals surface area contributed by atoms with Gasteiger partial charge >= 0.3 is 7.60 Å². The SMILES string of the molecule is Cl.O=CC1CCN([C@@H]2NCCc3ccccc32)[C@@H]1P(=O)(O)O. The number of rotatable bonds is 3. The van der Waals surface area contributed by atoms with E-state index < -0.39 is 19.3 Å². The van der Waals surface area contributed by atoms with E-state index in [1.165, 1.54) is 5.56 Å². The number of hydrogen-bond acceptors (Lipinski definition) is 4. The molecule has 22 heavy (non-hydrogen) atoms. The van der Waals surface area contributed by atoms with Crippen LogP contribution in [-0.4, -0.2) is 39.8 Å². The number of nitrogens with one attached hydrogen (secondary N) is 1. The van der Waals surface area contributed by atoms with E-state index in [0.717, 1.165) is 18.5 Å². The van der Waals surface area contributed by atoms with Crippen LogP contribution in [0.3, 0.4) is 0 Å². The first kappa shape index (κ1) is 17.6. The van der Waals surface area contributed by atoms with E-state index in [1.54, 1.807) is 4.90 Å². The fourth-order valence-corrected chi connectivity index (χ4v) is 4.82. The van der Waals surface area contributed by atoms with Gasteiger partial charge in [0.2, 0.25) is 0 Å². The molecule has 2 aliphatic heterocycles. The van der Waals surface area contributed by atoms with Crippen LogP contribution in [0.25, 0.3) is 0 Å². The van der Waals surface area contributed by atoms with E-state index in [1.807, 2.05) is 24.3 Å². The molecule has 2 aliphatic rings. The number of aldehydes is 1. The number of nitrogens with zero attached hydrogens (tertiary/aromatic N) is 1. The molecular formula is C14H20ClN2O4P. The zero-order valence-electron chi connectivity index (χ0n) is 12.0. The van der Waals surface area contributed by atoms with Crippen molar-refractivity contribution in [2.75, 3.05) is 13.1 Å². The van der Waals surface area contributed by atoms with Crippen molar-refractivity contribution in [2.45, 2.75) is 24.8 Å². The van der Waals surface area contributed by atoms with Crippen LogP contribution < -0.4 is 5.32 Å². The van der Waals surface area contributed by atoms with E-state index in [9.17, 15) is 19.1 Å². The van der Waals surface area contributed by atoms with E-state index >= 15 is 0 Å². The van der Waals surface area contributed by atoms with Gasteiger partial charge in [0.1, 0.15) is 12.1 Å². The van der Waals surface area contributed by atoms with Crippen LogP contribution >= 0.6 is 20.0 Å². The number of carbonyl (C=O) groups excluding carboxylic acids is 1. The molecule has 8 heteroatoms. The lowest BCUT2D eigenvalue weighted by molar-refractivity contribution is -0.111. The Morgan fingerprint density at radius 3 is 2.73 bits per heavy atom. The lowest BCUT2D eigenvalue weighted by atomic mass is 9.98. The maximum Gasteiger partial charge on any atom is 0.343 e. The highest BCUT2D eigenvalue weighted by Gasteiger charge is 2.48. The molecule has 0 spiro atoms. The van der Waals surface area contributed by atoms with Crippen molar-refractivity contribution in [1.29, 1.82) is 0 Å². The van der Waals surface area contributed by atoms with E-state index in [4.69, 9.17) is 0 Å². The number of halogens is 1. The molecule has 0 aromatic heterocycles. The first-order valence-electron chi connectivity index (χ1n) is 7.10. The number of carbonyl (C=O) groups is 1. The predicted octanol–water partition coefficient (Wildman–Crippen LogP) is 1.28. The number of benzene rings is 1. The maximum absolute atomic E-state index is 11.8. The van der Waals surface area contributed by atoms with Gasteiger partial charge in [-0.2, -0.15) is 0 Å². The monoisotopic (exact) mass is 346 g/mol. The smallest absolute Gasteiger partial charge is 0.323 e. The minimum atomic E-state index is -4.37. The van der Waals surface area contributed by atoms with Crippen LogP contribution in [-0.2, 0) is 15.8 Å². The summed E-state index contributed by atoms with van der Waals surface area (Å²) in [4.78, 5) is 32.2. The topological polar surface area (TPSA) is 89.9 Å². The Labute approximate surface area is 135 Å². The normalized spacial score (nSPS) is 28.7. The molecule has 3 atom stereocenters. The van der Waals surface area contributed by atoms with Crippen LogP contribution in [0.1, 0.15) is 23.7 Å². The number of likely N-dealkylation sites (tertiary alicyclic amines) is 1. The molecule has 3 rings (SSSR count). The quantitative estimate of drug-likeness (QED) is 0.564. The second-order valence-electron chi connectivity index (χ2n) is 5.63. The molecule has 6 nitrogen and oxygen atoms in total. The van der Waals surface area contributed by atoms with Gasteiger partial charge in [-0.15, -0.1) is 12.4 Å². The van der Waals surface area contributed by atoms with Crippen LogP contribution in [0.2, 0.25) is 0 Å². The zero-order valence-corrected chi connectivity index (χ0v) is 13.7. The van der Waals surface area contributed by atoms with Crippen molar-refractivity contribution >= 4 is 26.3 Å². The highest BCUT2D eigenvalue weighted by Crippen LogP contribution is 2.52. The lowest BCUT2D eigenvalue weighted by Gasteiger charge is -2.38. The molecule has 0 radical (unpaired) electrons. The summed E-state index contributed by atoms with van der Waals surface area (Å²) in [7, 11) is -4.37. The number of fused-ring (bicyclic) bond motifs is 1. The van der Waals surface area contributed by atoms with Crippen molar-refractivity contribution < 1.29 is 19.1 Å². The molecule has 1 unspecified atom stereocenters. The average molecular weight is 347 g/mol. The molecule has 2 heterocycles. The highest BCUT2D eigenvalue weighted by atomic mass is 35.5. The molecular weight excluding hydrogens is 327 g/mol. The molecule has 0 aliphatic carbocycles. The van der Waals surface area contributed by atoms with E-state index in [0.29, 0.717) is 19.3 Å². The average Bonchev–Trinajstić information content (AvgIpc) is 2.90. The summed E-state index contributed by atoms with van der Waals surface area (Å²) in [5.41, 5.74) is 2.24. The largest absolute Gasteiger partial charge is 0.343 e. The Kier molecular flexibility index (Phi) is 5.43. The van der Waals surface area contributed by atoms with Gasteiger partial charge in [-0.1, -0.05) is 24.3 Å². The summed E-state index contributed by atoms with van der Waals surface area (Å²) in [6, 6.07) is 7.93. The van der Waals surface area contributed by atoms with Crippen molar-refractivity contribution in [1.82, 2.24) is 10.2 Å². The van der Waals surface area contributed by atoms with Gasteiger partial charge in [-0.25, -0.2) is 0 Å². The molecule has 0 saturated carbocycles. The van der Waals surface area contributed by atoms with Crippen LogP contribution in [0.5, 0.6) is 0 Å². The van der Waals surface area contributed by atoms with Gasteiger partial charge in [0.05, 0.1) is 6.17 Å². The van der Waals surface area contributed by atoms with Gasteiger partial charge in [0, 0.05) is 19.0 Å². The van der Waals surface area contributed by atoms with Gasteiger partial charge in [0.15, 0.2) is 0 Å². The highest BCUT2D eigenvalue weighted by molar-refractivity contribution is 7.52. The second-order valence-corrected chi connectivity index (χ2v) is 7.34. The van der Waals surface area contributed by atoms with Crippen molar-refractivity contribution in [3.05, 3.63) is 35.4 Å². The Hall–Kier alpha value is -0.750. The number of hydrogen-bond donors (Lipinski definition) is 3. The Bertz CT molecular complexity index is 594. The third kappa shape index (κ3) is 3.13. The van der Waals surface area contributed by atoms with Gasteiger partial charge < -0.3 is 14.6 Å². The summed E-state index contributed by atoms with van der Waals surface area (Å²) >= 11 is 0. The molecule has 122 valence electrons. The first-order valence-corrected chi connectivity index (χ1v) is 8.78. The van der Waals surface area contributed by atoms with Crippen LogP contribution in [0, 0.1) is 5.92 Å². The van der Waals surface area contributed by atoms with E-state index in [-0.39, 0.29) is 18.6 Å². The molecule has 1 aromatic carbocycles. The lowest BCUT2D eigenvalue weighted by Crippen LogP contribution is -2.45. The minimum Gasteiger partial charge on any atom is -0.323 e. The van der Waals surface area contributed by atoms with E-state index in [2.05, 4.69) is 5.32 Å². The zero-order chi connectivity index (χ0) is 15.0. The van der Waals surface area contributed by atoms with Crippen molar-refractivity contribution in [2.24, 2.45) is 5.92 Å². The van der Waals surface area contributed by atoms with Crippen molar-refractivity contribution in [3.63, 3.8) is 0 Å². The molecule has 0 bridgehead atoms. The first-order chi connectivity index (χ1) is 10.0. The molecule has 3 N–H and O–H groups in total. The van der Waals surface area contributed by atoms with Crippen LogP contribution in [0.15, 0.2) is 24.3 Å².